The molecule has 2 aromatic rings. The standard InChI is InChI=1S/C11H13N5O2S/c12-9-7-10(14-4-13-9)16(5-15-7)6-1-18-11(2-17)3-19-8(6)11/h4-6,8,17H,1-3H2,(H2,12,13,14)/t6-,8+,11+/m1/s1. The smallest absolute Gasteiger partial charge is 0.165 e. The number of anilines is 1. The molecule has 3 atom stereocenters. The number of hydrogen-bond acceptors (Lipinski definition) is 7. The summed E-state index contributed by atoms with van der Waals surface area (Å²) in [5, 5.41) is 9.75. The maximum atomic E-state index is 9.51. The molecule has 2 aliphatic rings. The van der Waals surface area contributed by atoms with E-state index in [2.05, 4.69) is 15.0 Å². The van der Waals surface area contributed by atoms with Gasteiger partial charge in [0.25, 0.3) is 0 Å². The summed E-state index contributed by atoms with van der Waals surface area (Å²) < 4.78 is 7.80. The molecule has 0 saturated carbocycles. The summed E-state index contributed by atoms with van der Waals surface area (Å²) in [5.41, 5.74) is 6.75. The van der Waals surface area contributed by atoms with E-state index in [4.69, 9.17) is 10.5 Å². The lowest BCUT2D eigenvalue weighted by Gasteiger charge is -2.42. The summed E-state index contributed by atoms with van der Waals surface area (Å²) in [7, 11) is 0. The second-order valence-electron chi connectivity index (χ2n) is 4.92. The average Bonchev–Trinajstić information content (AvgIpc) is 2.91. The van der Waals surface area contributed by atoms with Crippen LogP contribution in [0.4, 0.5) is 5.82 Å². The summed E-state index contributed by atoms with van der Waals surface area (Å²) in [6.45, 7) is 0.624. The van der Waals surface area contributed by atoms with Gasteiger partial charge < -0.3 is 20.1 Å². The molecule has 2 saturated heterocycles. The van der Waals surface area contributed by atoms with Crippen molar-refractivity contribution in [3.05, 3.63) is 12.7 Å². The van der Waals surface area contributed by atoms with Gasteiger partial charge in [-0.25, -0.2) is 15.0 Å². The number of rotatable bonds is 2. The molecular formula is C11H13N5O2S. The highest BCUT2D eigenvalue weighted by molar-refractivity contribution is 8.01. The minimum absolute atomic E-state index is 0.0604. The summed E-state index contributed by atoms with van der Waals surface area (Å²) >= 11 is 1.81. The third-order valence-electron chi connectivity index (χ3n) is 3.93. The normalized spacial score (nSPS) is 33.3. The number of imidazole rings is 1. The Kier molecular flexibility index (Phi) is 2.30. The van der Waals surface area contributed by atoms with Gasteiger partial charge in [-0.15, -0.1) is 0 Å². The maximum Gasteiger partial charge on any atom is 0.165 e. The highest BCUT2D eigenvalue weighted by Crippen LogP contribution is 2.52. The summed E-state index contributed by atoms with van der Waals surface area (Å²) in [6, 6.07) is 0.130. The van der Waals surface area contributed by atoms with Crippen LogP contribution in [0.1, 0.15) is 6.04 Å². The largest absolute Gasteiger partial charge is 0.393 e. The molecule has 0 bridgehead atoms. The lowest BCUT2D eigenvalue weighted by atomic mass is 9.99. The van der Waals surface area contributed by atoms with Crippen LogP contribution in [0, 0.1) is 0 Å². The molecule has 7 nitrogen and oxygen atoms in total. The van der Waals surface area contributed by atoms with Gasteiger partial charge in [0.05, 0.1) is 30.8 Å². The van der Waals surface area contributed by atoms with Crippen molar-refractivity contribution in [2.24, 2.45) is 0 Å². The molecule has 19 heavy (non-hydrogen) atoms. The van der Waals surface area contributed by atoms with Crippen molar-refractivity contribution in [1.29, 1.82) is 0 Å². The number of nitrogens with zero attached hydrogens (tertiary/aromatic N) is 4. The van der Waals surface area contributed by atoms with E-state index in [9.17, 15) is 5.11 Å². The van der Waals surface area contributed by atoms with Crippen molar-refractivity contribution in [3.8, 4) is 0 Å². The Morgan fingerprint density at radius 1 is 1.53 bits per heavy atom. The zero-order valence-electron chi connectivity index (χ0n) is 10.1. The van der Waals surface area contributed by atoms with Gasteiger partial charge in [-0.2, -0.15) is 11.8 Å². The number of fused-ring (bicyclic) bond motifs is 2. The molecule has 2 fully saturated rings. The fourth-order valence-electron chi connectivity index (χ4n) is 2.81. The van der Waals surface area contributed by atoms with Gasteiger partial charge in [0.2, 0.25) is 0 Å². The molecule has 3 N–H and O–H groups in total. The predicted molar refractivity (Wildman–Crippen MR) is 70.8 cm³/mol. The van der Waals surface area contributed by atoms with Gasteiger partial charge in [-0.1, -0.05) is 0 Å². The van der Waals surface area contributed by atoms with Crippen LogP contribution in [-0.4, -0.2) is 54.4 Å². The second-order valence-corrected chi connectivity index (χ2v) is 6.05. The number of aromatic nitrogens is 4. The van der Waals surface area contributed by atoms with Crippen molar-refractivity contribution in [2.45, 2.75) is 16.9 Å². The van der Waals surface area contributed by atoms with Crippen molar-refractivity contribution in [2.75, 3.05) is 24.7 Å². The molecule has 4 heterocycles. The van der Waals surface area contributed by atoms with Crippen LogP contribution in [0.2, 0.25) is 0 Å². The first kappa shape index (κ1) is 11.4. The quantitative estimate of drug-likeness (QED) is 0.787. The third-order valence-corrected chi connectivity index (χ3v) is 5.69. The van der Waals surface area contributed by atoms with Gasteiger partial charge >= 0.3 is 0 Å². The first-order valence-corrected chi connectivity index (χ1v) is 7.09. The predicted octanol–water partition coefficient (Wildman–Crippen LogP) is -0.174. The Balaban J connectivity index is 1.78. The second kappa shape index (κ2) is 3.81. The number of nitrogens with two attached hydrogens (primary N) is 1. The van der Waals surface area contributed by atoms with E-state index < -0.39 is 0 Å². The van der Waals surface area contributed by atoms with E-state index in [0.29, 0.717) is 17.9 Å². The minimum atomic E-state index is -0.384. The highest BCUT2D eigenvalue weighted by Gasteiger charge is 2.58. The Morgan fingerprint density at radius 2 is 2.42 bits per heavy atom. The SMILES string of the molecule is Nc1ncnc2c1ncn2[C@@H]1CO[C@@]2(CO)CS[C@@H]12. The fourth-order valence-corrected chi connectivity index (χ4v) is 4.29. The van der Waals surface area contributed by atoms with Crippen LogP contribution in [-0.2, 0) is 4.74 Å². The highest BCUT2D eigenvalue weighted by atomic mass is 32.2. The van der Waals surface area contributed by atoms with Gasteiger partial charge in [-0.3, -0.25) is 0 Å². The molecule has 0 radical (unpaired) electrons. The van der Waals surface area contributed by atoms with Gasteiger partial charge in [0.1, 0.15) is 17.4 Å². The monoisotopic (exact) mass is 279 g/mol. The van der Waals surface area contributed by atoms with Crippen LogP contribution < -0.4 is 5.73 Å². The van der Waals surface area contributed by atoms with E-state index in [-0.39, 0.29) is 23.5 Å². The van der Waals surface area contributed by atoms with E-state index in [0.717, 1.165) is 11.4 Å². The lowest BCUT2D eigenvalue weighted by molar-refractivity contribution is -0.0256. The number of hydrogen-bond donors (Lipinski definition) is 2. The number of aliphatic hydroxyl groups is 1. The molecule has 8 heteroatoms. The van der Waals surface area contributed by atoms with Crippen LogP contribution in [0.15, 0.2) is 12.7 Å². The molecule has 0 unspecified atom stereocenters. The maximum absolute atomic E-state index is 9.51. The number of nitrogen functional groups attached to an aromatic ring is 1. The Bertz CT molecular complexity index is 643. The van der Waals surface area contributed by atoms with Crippen LogP contribution in [0.25, 0.3) is 11.2 Å². The van der Waals surface area contributed by atoms with E-state index in [1.165, 1.54) is 6.33 Å². The Morgan fingerprint density at radius 3 is 3.11 bits per heavy atom. The summed E-state index contributed by atoms with van der Waals surface area (Å²) in [6.07, 6.45) is 3.18. The van der Waals surface area contributed by atoms with E-state index in [1.807, 2.05) is 16.3 Å². The minimum Gasteiger partial charge on any atom is -0.393 e. The van der Waals surface area contributed by atoms with E-state index in [1.54, 1.807) is 6.33 Å². The summed E-state index contributed by atoms with van der Waals surface area (Å²) in [4.78, 5) is 12.5. The van der Waals surface area contributed by atoms with Crippen molar-refractivity contribution in [1.82, 2.24) is 19.5 Å². The van der Waals surface area contributed by atoms with Crippen molar-refractivity contribution >= 4 is 28.7 Å². The molecule has 0 aromatic carbocycles. The van der Waals surface area contributed by atoms with E-state index >= 15 is 0 Å². The molecule has 100 valence electrons. The first-order valence-electron chi connectivity index (χ1n) is 6.04. The molecule has 4 rings (SSSR count). The molecular weight excluding hydrogens is 266 g/mol. The molecule has 0 amide bonds. The molecule has 0 spiro atoms. The van der Waals surface area contributed by atoms with Gasteiger partial charge in [0, 0.05) is 5.75 Å². The van der Waals surface area contributed by atoms with Crippen LogP contribution >= 0.6 is 11.8 Å². The average molecular weight is 279 g/mol. The zero-order valence-corrected chi connectivity index (χ0v) is 10.9. The Labute approximate surface area is 113 Å². The molecule has 2 aromatic heterocycles. The molecule has 0 aliphatic carbocycles. The Hall–Kier alpha value is -1.38. The van der Waals surface area contributed by atoms with Crippen LogP contribution in [0.5, 0.6) is 0 Å². The summed E-state index contributed by atoms with van der Waals surface area (Å²) in [5.74, 6) is 1.23. The number of aliphatic hydroxyl groups excluding tert-OH is 1. The van der Waals surface area contributed by atoms with Crippen molar-refractivity contribution in [3.63, 3.8) is 0 Å². The van der Waals surface area contributed by atoms with Gasteiger partial charge in [0.15, 0.2) is 11.5 Å². The third kappa shape index (κ3) is 1.39. The first-order chi connectivity index (χ1) is 9.25. The zero-order chi connectivity index (χ0) is 13.0. The number of thioether (sulfide) groups is 1. The van der Waals surface area contributed by atoms with Gasteiger partial charge in [-0.05, 0) is 0 Å². The lowest BCUT2D eigenvalue weighted by Crippen LogP contribution is -2.54. The van der Waals surface area contributed by atoms with Crippen LogP contribution in [0.3, 0.4) is 0 Å². The topological polar surface area (TPSA) is 99.1 Å². The fraction of sp³-hybridized carbons (Fsp3) is 0.545. The number of ether oxygens (including phenoxy) is 1. The molecule has 2 aliphatic heterocycles. The van der Waals surface area contributed by atoms with Crippen molar-refractivity contribution < 1.29 is 9.84 Å².